The van der Waals surface area contributed by atoms with Crippen LogP contribution in [0, 0.1) is 0 Å². The molecule has 206 valence electrons. The van der Waals surface area contributed by atoms with E-state index in [2.05, 4.69) is 0 Å². The van der Waals surface area contributed by atoms with E-state index < -0.39 is 48.1 Å². The Morgan fingerprint density at radius 3 is 1.55 bits per heavy atom. The Morgan fingerprint density at radius 2 is 1.08 bits per heavy atom. The normalized spacial score (nSPS) is 14.0. The number of ether oxygens (including phenoxy) is 6. The molecule has 0 heterocycles. The Labute approximate surface area is 222 Å². The lowest BCUT2D eigenvalue weighted by Gasteiger charge is -2.22. The van der Waals surface area contributed by atoms with Gasteiger partial charge in [0.05, 0.1) is 26.4 Å². The monoisotopic (exact) mass is 530 g/mol. The topological polar surface area (TPSA) is 124 Å². The van der Waals surface area contributed by atoms with E-state index in [0.717, 1.165) is 11.1 Å². The van der Waals surface area contributed by atoms with Crippen LogP contribution in [0.2, 0.25) is 0 Å². The molecule has 0 N–H and O–H groups in total. The molecular formula is C28H34O10. The molecule has 0 aliphatic rings. The SMILES string of the molecule is CO[C@@H](C)C(=O)O[C@@H](C)C(=O)O[C@@H](COCc1ccccc1)C(=O)O[C@@H](COCc1ccccc1)C(C)=O. The van der Waals surface area contributed by atoms with Crippen LogP contribution in [0.3, 0.4) is 0 Å². The number of carbonyl (C=O) groups is 4. The minimum Gasteiger partial charge on any atom is -0.449 e. The van der Waals surface area contributed by atoms with Gasteiger partial charge < -0.3 is 28.4 Å². The van der Waals surface area contributed by atoms with Gasteiger partial charge in [-0.1, -0.05) is 60.7 Å². The summed E-state index contributed by atoms with van der Waals surface area (Å²) in [6, 6.07) is 18.4. The second-order valence-corrected chi connectivity index (χ2v) is 8.42. The van der Waals surface area contributed by atoms with Crippen molar-refractivity contribution in [3.05, 3.63) is 71.8 Å². The molecule has 0 spiro atoms. The number of carbonyl (C=O) groups excluding carboxylic acids is 4. The molecule has 2 rings (SSSR count). The second kappa shape index (κ2) is 16.3. The van der Waals surface area contributed by atoms with Gasteiger partial charge in [0.25, 0.3) is 0 Å². The van der Waals surface area contributed by atoms with Gasteiger partial charge in [0.2, 0.25) is 6.10 Å². The van der Waals surface area contributed by atoms with Gasteiger partial charge in [0.1, 0.15) is 0 Å². The molecular weight excluding hydrogens is 496 g/mol. The van der Waals surface area contributed by atoms with Crippen molar-refractivity contribution in [1.29, 1.82) is 0 Å². The van der Waals surface area contributed by atoms with Crippen LogP contribution in [-0.2, 0) is 60.8 Å². The maximum Gasteiger partial charge on any atom is 0.350 e. The van der Waals surface area contributed by atoms with Gasteiger partial charge in [-0.2, -0.15) is 0 Å². The van der Waals surface area contributed by atoms with Gasteiger partial charge in [-0.05, 0) is 31.9 Å². The fourth-order valence-electron chi connectivity index (χ4n) is 2.97. The highest BCUT2D eigenvalue weighted by Crippen LogP contribution is 2.10. The van der Waals surface area contributed by atoms with Crippen molar-refractivity contribution < 1.29 is 47.6 Å². The van der Waals surface area contributed by atoms with E-state index in [-0.39, 0.29) is 26.4 Å². The molecule has 0 unspecified atom stereocenters. The predicted molar refractivity (Wildman–Crippen MR) is 135 cm³/mol. The third-order valence-corrected chi connectivity index (χ3v) is 5.31. The maximum atomic E-state index is 13.0. The van der Waals surface area contributed by atoms with Crippen LogP contribution in [0.1, 0.15) is 31.9 Å². The van der Waals surface area contributed by atoms with Gasteiger partial charge in [-0.25, -0.2) is 14.4 Å². The lowest BCUT2D eigenvalue weighted by atomic mass is 10.2. The molecule has 10 nitrogen and oxygen atoms in total. The first-order chi connectivity index (χ1) is 18.2. The number of hydrogen-bond acceptors (Lipinski definition) is 10. The minimum atomic E-state index is -1.52. The zero-order chi connectivity index (χ0) is 27.9. The zero-order valence-corrected chi connectivity index (χ0v) is 22.0. The third kappa shape index (κ3) is 10.8. The number of rotatable bonds is 16. The standard InChI is InChI=1S/C28H34O10/c1-19(29)24(17-34-15-22-11-7-5-8-12-22)37-28(32)25(18-35-16-23-13-9-6-10-14-23)38-27(31)21(3)36-26(30)20(2)33-4/h5-14,20-21,24-25H,15-18H2,1-4H3/t20-,21-,24-,25-/m0/s1. The number of esters is 3. The molecule has 2 aromatic carbocycles. The van der Waals surface area contributed by atoms with E-state index >= 15 is 0 Å². The van der Waals surface area contributed by atoms with Crippen LogP contribution in [0.25, 0.3) is 0 Å². The molecule has 2 aromatic rings. The average Bonchev–Trinajstić information content (AvgIpc) is 2.92. The molecule has 0 fully saturated rings. The summed E-state index contributed by atoms with van der Waals surface area (Å²) in [5, 5.41) is 0. The number of benzene rings is 2. The van der Waals surface area contributed by atoms with Crippen LogP contribution >= 0.6 is 0 Å². The predicted octanol–water partition coefficient (Wildman–Crippen LogP) is 2.80. The van der Waals surface area contributed by atoms with Crippen LogP contribution in [0.4, 0.5) is 0 Å². The molecule has 0 bridgehead atoms. The van der Waals surface area contributed by atoms with Crippen molar-refractivity contribution in [3.63, 3.8) is 0 Å². The van der Waals surface area contributed by atoms with E-state index in [9.17, 15) is 19.2 Å². The van der Waals surface area contributed by atoms with Gasteiger partial charge >= 0.3 is 17.9 Å². The summed E-state index contributed by atoms with van der Waals surface area (Å²) >= 11 is 0. The van der Waals surface area contributed by atoms with E-state index in [0.29, 0.717) is 0 Å². The van der Waals surface area contributed by atoms with Crippen LogP contribution in [0.15, 0.2) is 60.7 Å². The molecule has 0 aliphatic carbocycles. The van der Waals surface area contributed by atoms with Crippen molar-refractivity contribution in [2.45, 2.75) is 58.4 Å². The summed E-state index contributed by atoms with van der Waals surface area (Å²) in [5.74, 6) is -3.22. The van der Waals surface area contributed by atoms with Crippen molar-refractivity contribution in [1.82, 2.24) is 0 Å². The fraction of sp³-hybridized carbons (Fsp3) is 0.429. The molecule has 0 saturated carbocycles. The van der Waals surface area contributed by atoms with Crippen molar-refractivity contribution >= 4 is 23.7 Å². The van der Waals surface area contributed by atoms with E-state index in [4.69, 9.17) is 28.4 Å². The molecule has 0 saturated heterocycles. The van der Waals surface area contributed by atoms with Gasteiger partial charge in [0, 0.05) is 7.11 Å². The summed E-state index contributed by atoms with van der Waals surface area (Å²) < 4.78 is 31.6. The smallest absolute Gasteiger partial charge is 0.350 e. The van der Waals surface area contributed by atoms with Crippen molar-refractivity contribution in [3.8, 4) is 0 Å². The maximum absolute atomic E-state index is 13.0. The molecule has 4 atom stereocenters. The Hall–Kier alpha value is -3.60. The highest BCUT2D eigenvalue weighted by atomic mass is 16.6. The molecule has 10 heteroatoms. The summed E-state index contributed by atoms with van der Waals surface area (Å²) in [6.07, 6.45) is -4.97. The number of ketones is 1. The minimum absolute atomic E-state index is 0.133. The van der Waals surface area contributed by atoms with E-state index in [1.165, 1.54) is 27.9 Å². The Morgan fingerprint density at radius 1 is 0.632 bits per heavy atom. The van der Waals surface area contributed by atoms with E-state index in [1.54, 1.807) is 0 Å². The summed E-state index contributed by atoms with van der Waals surface area (Å²) in [6.45, 7) is 3.81. The first-order valence-corrected chi connectivity index (χ1v) is 12.1. The number of Topliss-reactive ketones (excluding diaryl/α,β-unsaturated/α-hetero) is 1. The van der Waals surface area contributed by atoms with Crippen LogP contribution in [0.5, 0.6) is 0 Å². The van der Waals surface area contributed by atoms with Gasteiger partial charge in [0.15, 0.2) is 24.1 Å². The first kappa shape index (κ1) is 30.6. The van der Waals surface area contributed by atoms with Crippen molar-refractivity contribution in [2.75, 3.05) is 20.3 Å². The lowest BCUT2D eigenvalue weighted by molar-refractivity contribution is -0.187. The summed E-state index contributed by atoms with van der Waals surface area (Å²) in [4.78, 5) is 49.6. The molecule has 38 heavy (non-hydrogen) atoms. The van der Waals surface area contributed by atoms with Crippen molar-refractivity contribution in [2.24, 2.45) is 0 Å². The summed E-state index contributed by atoms with van der Waals surface area (Å²) in [5.41, 5.74) is 1.71. The fourth-order valence-corrected chi connectivity index (χ4v) is 2.97. The van der Waals surface area contributed by atoms with Gasteiger partial charge in [-0.3, -0.25) is 4.79 Å². The summed E-state index contributed by atoms with van der Waals surface area (Å²) in [7, 11) is 1.32. The van der Waals surface area contributed by atoms with Crippen LogP contribution in [-0.4, -0.2) is 68.4 Å². The highest BCUT2D eigenvalue weighted by Gasteiger charge is 2.32. The van der Waals surface area contributed by atoms with E-state index in [1.807, 2.05) is 60.7 Å². The number of hydrogen-bond donors (Lipinski definition) is 0. The quantitative estimate of drug-likeness (QED) is 0.236. The molecule has 0 amide bonds. The zero-order valence-electron chi connectivity index (χ0n) is 22.0. The third-order valence-electron chi connectivity index (χ3n) is 5.31. The molecule has 0 aromatic heterocycles. The average molecular weight is 531 g/mol. The second-order valence-electron chi connectivity index (χ2n) is 8.42. The number of methoxy groups -OCH3 is 1. The Bertz CT molecular complexity index is 1020. The molecule has 0 radical (unpaired) electrons. The van der Waals surface area contributed by atoms with Gasteiger partial charge in [-0.15, -0.1) is 0 Å². The highest BCUT2D eigenvalue weighted by molar-refractivity contribution is 5.87. The largest absolute Gasteiger partial charge is 0.449 e. The Kier molecular flexibility index (Phi) is 13.1. The lowest BCUT2D eigenvalue weighted by Crippen LogP contribution is -2.41. The Balaban J connectivity index is 2.02. The molecule has 0 aliphatic heterocycles. The van der Waals surface area contributed by atoms with Crippen LogP contribution < -0.4 is 0 Å². The first-order valence-electron chi connectivity index (χ1n) is 12.1.